The lowest BCUT2D eigenvalue weighted by atomic mass is 10.2. The summed E-state index contributed by atoms with van der Waals surface area (Å²) in [4.78, 5) is 13.7. The van der Waals surface area contributed by atoms with Gasteiger partial charge in [0.2, 0.25) is 0 Å². The molecule has 1 aliphatic heterocycles. The Bertz CT molecular complexity index is 882. The van der Waals surface area contributed by atoms with Crippen molar-refractivity contribution in [3.63, 3.8) is 0 Å². The number of hydrogen-bond acceptors (Lipinski definition) is 4. The number of nitrogens with two attached hydrogens (primary N) is 1. The maximum absolute atomic E-state index is 5.88. The molecule has 2 aromatic rings. The van der Waals surface area contributed by atoms with Gasteiger partial charge in [0.25, 0.3) is 0 Å². The highest BCUT2D eigenvalue weighted by atomic mass is 79.9. The Morgan fingerprint density at radius 1 is 1.42 bits per heavy atom. The van der Waals surface area contributed by atoms with E-state index in [1.54, 1.807) is 14.0 Å². The second kappa shape index (κ2) is 7.49. The summed E-state index contributed by atoms with van der Waals surface area (Å²) in [6.45, 7) is 6.95. The minimum Gasteiger partial charge on any atom is -0.495 e. The third-order valence-corrected chi connectivity index (χ3v) is 4.37. The maximum Gasteiger partial charge on any atom is 0.177 e. The standard InChI is InChI=1S/C18H22BrN5O2/c1-10(2)21-17(22-11(3)20)14-9-24-5-6-26-15-8-16(25-4)13(19)7-12(15)18(24)23-14/h7-10H,5-6H2,1-4H3,(H2,20,21,22). The van der Waals surface area contributed by atoms with Crippen LogP contribution < -0.4 is 15.2 Å². The minimum atomic E-state index is 0.0867. The molecule has 0 aliphatic carbocycles. The molecule has 2 heterocycles. The van der Waals surface area contributed by atoms with E-state index in [1.807, 2.05) is 32.2 Å². The highest BCUT2D eigenvalue weighted by Crippen LogP contribution is 2.39. The van der Waals surface area contributed by atoms with E-state index in [4.69, 9.17) is 20.2 Å². The monoisotopic (exact) mass is 419 g/mol. The van der Waals surface area contributed by atoms with Crippen molar-refractivity contribution in [3.8, 4) is 22.9 Å². The Balaban J connectivity index is 2.14. The van der Waals surface area contributed by atoms with Crippen molar-refractivity contribution in [1.29, 1.82) is 0 Å². The van der Waals surface area contributed by atoms with Crippen LogP contribution in [0.4, 0.5) is 0 Å². The van der Waals surface area contributed by atoms with Crippen molar-refractivity contribution in [2.24, 2.45) is 15.7 Å². The van der Waals surface area contributed by atoms with E-state index >= 15 is 0 Å². The summed E-state index contributed by atoms with van der Waals surface area (Å²) in [7, 11) is 1.63. The van der Waals surface area contributed by atoms with Crippen LogP contribution in [-0.2, 0) is 6.54 Å². The first kappa shape index (κ1) is 18.4. The normalized spacial score (nSPS) is 14.5. The van der Waals surface area contributed by atoms with Crippen LogP contribution in [0.15, 0.2) is 32.8 Å². The summed E-state index contributed by atoms with van der Waals surface area (Å²) in [5.74, 6) is 3.24. The number of rotatable bonds is 3. The number of hydrogen-bond donors (Lipinski definition) is 1. The lowest BCUT2D eigenvalue weighted by Gasteiger charge is -2.10. The van der Waals surface area contributed by atoms with Gasteiger partial charge in [0.05, 0.1) is 29.5 Å². The summed E-state index contributed by atoms with van der Waals surface area (Å²) in [5, 5.41) is 0. The molecule has 0 fully saturated rings. The number of nitrogens with zero attached hydrogens (tertiary/aromatic N) is 4. The Morgan fingerprint density at radius 2 is 2.19 bits per heavy atom. The Kier molecular flexibility index (Phi) is 5.31. The predicted octanol–water partition coefficient (Wildman–Crippen LogP) is 3.25. The van der Waals surface area contributed by atoms with Gasteiger partial charge in [-0.15, -0.1) is 0 Å². The molecule has 0 saturated heterocycles. The highest BCUT2D eigenvalue weighted by Gasteiger charge is 2.22. The zero-order chi connectivity index (χ0) is 18.8. The van der Waals surface area contributed by atoms with Crippen molar-refractivity contribution in [1.82, 2.24) is 9.55 Å². The molecule has 3 rings (SSSR count). The van der Waals surface area contributed by atoms with Gasteiger partial charge >= 0.3 is 0 Å². The van der Waals surface area contributed by atoms with Crippen molar-refractivity contribution in [3.05, 3.63) is 28.5 Å². The van der Waals surface area contributed by atoms with Gasteiger partial charge in [0, 0.05) is 18.3 Å². The number of aromatic nitrogens is 2. The molecule has 0 radical (unpaired) electrons. The number of ether oxygens (including phenoxy) is 2. The van der Waals surface area contributed by atoms with Crippen LogP contribution in [0.5, 0.6) is 11.5 Å². The van der Waals surface area contributed by atoms with Gasteiger partial charge in [-0.2, -0.15) is 0 Å². The number of amidine groups is 2. The molecule has 2 N–H and O–H groups in total. The van der Waals surface area contributed by atoms with Crippen molar-refractivity contribution in [2.75, 3.05) is 13.7 Å². The third kappa shape index (κ3) is 3.75. The van der Waals surface area contributed by atoms with E-state index in [0.717, 1.165) is 27.4 Å². The summed E-state index contributed by atoms with van der Waals surface area (Å²) in [6, 6.07) is 3.91. The van der Waals surface area contributed by atoms with Crippen LogP contribution in [0.1, 0.15) is 26.5 Å². The molecule has 26 heavy (non-hydrogen) atoms. The smallest absolute Gasteiger partial charge is 0.177 e. The van der Waals surface area contributed by atoms with E-state index in [9.17, 15) is 0 Å². The molecule has 7 nitrogen and oxygen atoms in total. The first-order valence-electron chi connectivity index (χ1n) is 8.36. The Morgan fingerprint density at radius 3 is 2.85 bits per heavy atom. The van der Waals surface area contributed by atoms with E-state index in [-0.39, 0.29) is 6.04 Å². The lowest BCUT2D eigenvalue weighted by molar-refractivity contribution is 0.304. The average Bonchev–Trinajstić information content (AvgIpc) is 2.91. The van der Waals surface area contributed by atoms with Crippen LogP contribution in [0.25, 0.3) is 11.4 Å². The molecule has 1 aromatic heterocycles. The molecular formula is C18H22BrN5O2. The first-order valence-corrected chi connectivity index (χ1v) is 9.15. The number of methoxy groups -OCH3 is 1. The van der Waals surface area contributed by atoms with Gasteiger partial charge in [0.15, 0.2) is 5.84 Å². The average molecular weight is 420 g/mol. The topological polar surface area (TPSA) is 87.0 Å². The molecule has 1 aromatic carbocycles. The fourth-order valence-corrected chi connectivity index (χ4v) is 3.22. The molecule has 0 spiro atoms. The minimum absolute atomic E-state index is 0.0867. The van der Waals surface area contributed by atoms with Gasteiger partial charge in [-0.25, -0.2) is 9.98 Å². The maximum atomic E-state index is 5.88. The van der Waals surface area contributed by atoms with Gasteiger partial charge < -0.3 is 19.8 Å². The van der Waals surface area contributed by atoms with Crippen LogP contribution in [0.2, 0.25) is 0 Å². The zero-order valence-electron chi connectivity index (χ0n) is 15.3. The Labute approximate surface area is 161 Å². The van der Waals surface area contributed by atoms with Crippen LogP contribution in [-0.4, -0.2) is 41.0 Å². The molecule has 0 atom stereocenters. The molecule has 138 valence electrons. The fraction of sp³-hybridized carbons (Fsp3) is 0.389. The molecule has 8 heteroatoms. The number of fused-ring (bicyclic) bond motifs is 3. The van der Waals surface area contributed by atoms with E-state index in [0.29, 0.717) is 30.5 Å². The molecule has 0 bridgehead atoms. The SMILES string of the molecule is COc1cc2c(cc1Br)-c1nc(C(N=C(C)N)=NC(C)C)cn1CCO2. The van der Waals surface area contributed by atoms with Gasteiger partial charge in [-0.05, 0) is 42.8 Å². The second-order valence-electron chi connectivity index (χ2n) is 6.27. The summed E-state index contributed by atoms with van der Waals surface area (Å²) < 4.78 is 14.1. The van der Waals surface area contributed by atoms with Crippen molar-refractivity contribution in [2.45, 2.75) is 33.4 Å². The number of aliphatic imine (C=N–C) groups is 2. The van der Waals surface area contributed by atoms with Crippen LogP contribution in [0.3, 0.4) is 0 Å². The van der Waals surface area contributed by atoms with E-state index in [1.165, 1.54) is 0 Å². The van der Waals surface area contributed by atoms with E-state index in [2.05, 4.69) is 30.5 Å². The molecule has 0 saturated carbocycles. The van der Waals surface area contributed by atoms with Gasteiger partial charge in [-0.1, -0.05) is 0 Å². The third-order valence-electron chi connectivity index (χ3n) is 3.75. The Hall–Kier alpha value is -2.35. The predicted molar refractivity (Wildman–Crippen MR) is 106 cm³/mol. The zero-order valence-corrected chi connectivity index (χ0v) is 16.9. The molecule has 0 unspecified atom stereocenters. The van der Waals surface area contributed by atoms with Crippen molar-refractivity contribution >= 4 is 27.6 Å². The quantitative estimate of drug-likeness (QED) is 0.610. The first-order chi connectivity index (χ1) is 12.4. The number of benzene rings is 1. The summed E-state index contributed by atoms with van der Waals surface area (Å²) in [5.41, 5.74) is 7.36. The highest BCUT2D eigenvalue weighted by molar-refractivity contribution is 9.10. The second-order valence-corrected chi connectivity index (χ2v) is 7.13. The number of imidazole rings is 1. The van der Waals surface area contributed by atoms with E-state index < -0.39 is 0 Å². The van der Waals surface area contributed by atoms with Gasteiger partial charge in [-0.3, -0.25) is 4.99 Å². The molecule has 0 amide bonds. The summed E-state index contributed by atoms with van der Waals surface area (Å²) in [6.07, 6.45) is 1.94. The van der Waals surface area contributed by atoms with Crippen molar-refractivity contribution < 1.29 is 9.47 Å². The van der Waals surface area contributed by atoms with Crippen LogP contribution >= 0.6 is 15.9 Å². The summed E-state index contributed by atoms with van der Waals surface area (Å²) >= 11 is 3.53. The largest absolute Gasteiger partial charge is 0.495 e. The lowest BCUT2D eigenvalue weighted by Crippen LogP contribution is -2.12. The number of halogens is 1. The molecule has 1 aliphatic rings. The van der Waals surface area contributed by atoms with Crippen LogP contribution in [0, 0.1) is 0 Å². The molecular weight excluding hydrogens is 398 g/mol. The fourth-order valence-electron chi connectivity index (χ4n) is 2.71. The van der Waals surface area contributed by atoms with Gasteiger partial charge in [0.1, 0.15) is 29.6 Å².